The molecule has 0 atom stereocenters. The van der Waals surface area contributed by atoms with Crippen molar-refractivity contribution in [3.8, 4) is 0 Å². The van der Waals surface area contributed by atoms with E-state index in [1.807, 2.05) is 0 Å². The van der Waals surface area contributed by atoms with Crippen molar-refractivity contribution < 1.29 is 10.6 Å². The maximum absolute atomic E-state index is 12.1. The second-order valence-electron chi connectivity index (χ2n) is 1.47. The van der Waals surface area contributed by atoms with Crippen molar-refractivity contribution >= 4 is 6.26 Å². The topological polar surface area (TPSA) is 30.0 Å². The number of halogens is 1. The Balaban J connectivity index is 3.00. The number of aldehydes is 1. The highest BCUT2D eigenvalue weighted by atomic mass is 19.1. The number of hydrogen-bond donors (Lipinski definition) is 0. The van der Waals surface area contributed by atoms with E-state index in [4.69, 9.17) is 1.37 Å². The summed E-state index contributed by atoms with van der Waals surface area (Å²) in [4.78, 5) is 13.5. The van der Waals surface area contributed by atoms with Gasteiger partial charge in [0.1, 0.15) is 1.37 Å². The van der Waals surface area contributed by atoms with Crippen LogP contribution in [-0.4, -0.2) is 11.2 Å². The molecule has 0 saturated carbocycles. The number of rotatable bonds is 1. The minimum atomic E-state index is -0.854. The molecular formula is C6H4FNO. The summed E-state index contributed by atoms with van der Waals surface area (Å²) in [7, 11) is 0. The molecule has 0 fully saturated rings. The van der Waals surface area contributed by atoms with Gasteiger partial charge in [0.15, 0.2) is 6.26 Å². The Morgan fingerprint density at radius 3 is 3.00 bits per heavy atom. The smallest absolute Gasteiger partial charge is 0.212 e. The summed E-state index contributed by atoms with van der Waals surface area (Å²) in [5.41, 5.74) is 0.0985. The van der Waals surface area contributed by atoms with E-state index in [1.54, 1.807) is 0 Å². The van der Waals surface area contributed by atoms with Gasteiger partial charge in [0, 0.05) is 11.8 Å². The fourth-order valence-corrected chi connectivity index (χ4v) is 0.436. The Labute approximate surface area is 52.7 Å². The lowest BCUT2D eigenvalue weighted by atomic mass is 10.3. The van der Waals surface area contributed by atoms with Crippen LogP contribution >= 0.6 is 0 Å². The third kappa shape index (κ3) is 1.32. The van der Waals surface area contributed by atoms with Gasteiger partial charge < -0.3 is 0 Å². The lowest BCUT2D eigenvalue weighted by molar-refractivity contribution is 0.112. The highest BCUT2D eigenvalue weighted by Crippen LogP contribution is 1.93. The van der Waals surface area contributed by atoms with Gasteiger partial charge in [-0.3, -0.25) is 4.79 Å². The second kappa shape index (κ2) is 2.35. The van der Waals surface area contributed by atoms with E-state index >= 15 is 0 Å². The summed E-state index contributed by atoms with van der Waals surface area (Å²) in [5, 5.41) is 0. The van der Waals surface area contributed by atoms with Crippen LogP contribution in [0.2, 0.25) is 0 Å². The van der Waals surface area contributed by atoms with Gasteiger partial charge in [-0.25, -0.2) is 4.98 Å². The fraction of sp³-hybridized carbons (Fsp3) is 0. The molecule has 0 aliphatic heterocycles. The molecule has 3 heteroatoms. The number of nitrogens with zero attached hydrogens (tertiary/aromatic N) is 1. The van der Waals surface area contributed by atoms with E-state index in [0.29, 0.717) is 0 Å². The standard InChI is InChI=1S/C6H4FNO/c7-6-2-1-5(4-9)3-8-6/h1-4H/i4D. The van der Waals surface area contributed by atoms with Crippen molar-refractivity contribution in [2.45, 2.75) is 0 Å². The molecule has 0 unspecified atom stereocenters. The van der Waals surface area contributed by atoms with Gasteiger partial charge in [0.05, 0.1) is 0 Å². The zero-order valence-corrected chi connectivity index (χ0v) is 4.47. The predicted octanol–water partition coefficient (Wildman–Crippen LogP) is 1.03. The van der Waals surface area contributed by atoms with Crippen LogP contribution in [0.15, 0.2) is 18.3 Å². The lowest BCUT2D eigenvalue weighted by Crippen LogP contribution is -1.83. The molecule has 2 nitrogen and oxygen atoms in total. The minimum Gasteiger partial charge on any atom is -0.298 e. The van der Waals surface area contributed by atoms with Crippen molar-refractivity contribution in [2.24, 2.45) is 0 Å². The van der Waals surface area contributed by atoms with Crippen molar-refractivity contribution in [1.82, 2.24) is 4.98 Å². The number of hydrogen-bond acceptors (Lipinski definition) is 2. The van der Waals surface area contributed by atoms with E-state index in [2.05, 4.69) is 4.98 Å². The van der Waals surface area contributed by atoms with Crippen LogP contribution in [0.1, 0.15) is 11.7 Å². The predicted molar refractivity (Wildman–Crippen MR) is 29.6 cm³/mol. The number of aromatic nitrogens is 1. The monoisotopic (exact) mass is 126 g/mol. The first-order chi connectivity index (χ1) is 4.70. The summed E-state index contributed by atoms with van der Waals surface area (Å²) in [6.07, 6.45) is 0.178. The van der Waals surface area contributed by atoms with Crippen molar-refractivity contribution in [2.75, 3.05) is 0 Å². The van der Waals surface area contributed by atoms with E-state index in [9.17, 15) is 9.18 Å². The van der Waals surface area contributed by atoms with E-state index in [0.717, 1.165) is 12.3 Å². The first-order valence-electron chi connectivity index (χ1n) is 2.82. The molecule has 1 rings (SSSR count). The Morgan fingerprint density at radius 2 is 2.56 bits per heavy atom. The molecule has 0 radical (unpaired) electrons. The zero-order chi connectivity index (χ0) is 7.56. The molecule has 46 valence electrons. The first-order valence-corrected chi connectivity index (χ1v) is 2.32. The van der Waals surface area contributed by atoms with Crippen molar-refractivity contribution in [3.63, 3.8) is 0 Å². The van der Waals surface area contributed by atoms with Crippen LogP contribution in [0.4, 0.5) is 4.39 Å². The highest BCUT2D eigenvalue weighted by molar-refractivity contribution is 5.73. The van der Waals surface area contributed by atoms with Gasteiger partial charge in [-0.1, -0.05) is 0 Å². The van der Waals surface area contributed by atoms with Crippen LogP contribution in [0.5, 0.6) is 0 Å². The maximum atomic E-state index is 12.1. The Bertz CT molecular complexity index is 246. The minimum absolute atomic E-state index is 0.0985. The third-order valence-corrected chi connectivity index (χ3v) is 0.845. The van der Waals surface area contributed by atoms with Crippen molar-refractivity contribution in [3.05, 3.63) is 29.8 Å². The van der Waals surface area contributed by atoms with Crippen molar-refractivity contribution in [1.29, 1.82) is 0 Å². The summed E-state index contributed by atoms with van der Waals surface area (Å²) >= 11 is 0. The summed E-state index contributed by atoms with van der Waals surface area (Å²) in [6, 6.07) is 2.26. The van der Waals surface area contributed by atoms with Gasteiger partial charge in [0.2, 0.25) is 5.95 Å². The molecule has 9 heavy (non-hydrogen) atoms. The van der Waals surface area contributed by atoms with Gasteiger partial charge in [-0.15, -0.1) is 0 Å². The van der Waals surface area contributed by atoms with Gasteiger partial charge in [-0.05, 0) is 12.1 Å². The largest absolute Gasteiger partial charge is 0.298 e. The Morgan fingerprint density at radius 1 is 1.78 bits per heavy atom. The Hall–Kier alpha value is -1.25. The Kier molecular flexibility index (Phi) is 1.20. The SMILES string of the molecule is [2H]C(=O)c1ccc(F)nc1. The highest BCUT2D eigenvalue weighted by Gasteiger charge is 1.89. The maximum Gasteiger partial charge on any atom is 0.212 e. The molecular weight excluding hydrogens is 121 g/mol. The average Bonchev–Trinajstić information content (AvgIpc) is 1.88. The lowest BCUT2D eigenvalue weighted by Gasteiger charge is -1.85. The fourth-order valence-electron chi connectivity index (χ4n) is 0.436. The van der Waals surface area contributed by atoms with Crippen LogP contribution in [-0.2, 0) is 0 Å². The second-order valence-corrected chi connectivity index (χ2v) is 1.47. The summed E-state index contributed by atoms with van der Waals surface area (Å²) in [6.45, 7) is 0. The number of pyridine rings is 1. The number of carbonyl (C=O) groups excluding carboxylic acids is 1. The normalized spacial score (nSPS) is 10.6. The van der Waals surface area contributed by atoms with Gasteiger partial charge in [-0.2, -0.15) is 4.39 Å². The van der Waals surface area contributed by atoms with Gasteiger partial charge in [0.25, 0.3) is 0 Å². The first kappa shape index (κ1) is 4.61. The van der Waals surface area contributed by atoms with Crippen LogP contribution in [0.3, 0.4) is 0 Å². The molecule has 0 aliphatic carbocycles. The van der Waals surface area contributed by atoms with Gasteiger partial charge >= 0.3 is 0 Å². The third-order valence-electron chi connectivity index (χ3n) is 0.845. The molecule has 1 aromatic rings. The van der Waals surface area contributed by atoms with E-state index in [1.165, 1.54) is 6.07 Å². The molecule has 0 spiro atoms. The molecule has 0 bridgehead atoms. The zero-order valence-electron chi connectivity index (χ0n) is 5.47. The summed E-state index contributed by atoms with van der Waals surface area (Å²) < 4.78 is 18.7. The summed E-state index contributed by atoms with van der Waals surface area (Å²) in [5.74, 6) is -0.648. The van der Waals surface area contributed by atoms with Crippen LogP contribution < -0.4 is 0 Å². The molecule has 1 heterocycles. The quantitative estimate of drug-likeness (QED) is 0.415. The van der Waals surface area contributed by atoms with E-state index in [-0.39, 0.29) is 5.56 Å². The molecule has 0 amide bonds. The van der Waals surface area contributed by atoms with Crippen LogP contribution in [0, 0.1) is 5.95 Å². The van der Waals surface area contributed by atoms with Crippen LogP contribution in [0.25, 0.3) is 0 Å². The number of carbonyl (C=O) groups is 1. The molecule has 0 aliphatic rings. The molecule has 0 N–H and O–H groups in total. The molecule has 1 aromatic heterocycles. The molecule has 0 saturated heterocycles. The average molecular weight is 126 g/mol. The molecule has 0 aromatic carbocycles. The van der Waals surface area contributed by atoms with E-state index < -0.39 is 12.2 Å².